The average molecular weight is 171 g/mol. The summed E-state index contributed by atoms with van der Waals surface area (Å²) in [5.74, 6) is 0. The lowest BCUT2D eigenvalue weighted by Gasteiger charge is -2.38. The molecule has 0 spiro atoms. The van der Waals surface area contributed by atoms with Crippen molar-refractivity contribution in [2.75, 3.05) is 19.8 Å². The summed E-state index contributed by atoms with van der Waals surface area (Å²) < 4.78 is 5.45. The second kappa shape index (κ2) is 3.75. The quantitative estimate of drug-likeness (QED) is 0.552. The Morgan fingerprint density at radius 2 is 1.92 bits per heavy atom. The third-order valence-corrected chi connectivity index (χ3v) is 2.55. The summed E-state index contributed by atoms with van der Waals surface area (Å²) in [7, 11) is 0. The zero-order chi connectivity index (χ0) is 9.19. The van der Waals surface area contributed by atoms with Crippen LogP contribution in [0.2, 0.25) is 0 Å². The highest BCUT2D eigenvalue weighted by Crippen LogP contribution is 2.20. The molecule has 72 valence electrons. The molecule has 12 heavy (non-hydrogen) atoms. The summed E-state index contributed by atoms with van der Waals surface area (Å²) in [6.07, 6.45) is 1.16. The summed E-state index contributed by atoms with van der Waals surface area (Å²) in [6.45, 7) is 12.0. The Balaban J connectivity index is 2.59. The Bertz CT molecular complexity index is 139. The Morgan fingerprint density at radius 3 is 2.50 bits per heavy atom. The van der Waals surface area contributed by atoms with Crippen LogP contribution in [-0.2, 0) is 4.74 Å². The van der Waals surface area contributed by atoms with Gasteiger partial charge in [0.25, 0.3) is 0 Å². The van der Waals surface area contributed by atoms with Crippen LogP contribution in [0.3, 0.4) is 0 Å². The lowest BCUT2D eigenvalue weighted by atomic mass is 10.0. The number of nitrogens with zero attached hydrogens (tertiary/aromatic N) is 1. The van der Waals surface area contributed by atoms with E-state index in [-0.39, 0.29) is 5.54 Å². The first-order valence-corrected chi connectivity index (χ1v) is 4.86. The van der Waals surface area contributed by atoms with Gasteiger partial charge < -0.3 is 4.74 Å². The minimum absolute atomic E-state index is 0.285. The fraction of sp³-hybridized carbons (Fsp3) is 1.00. The first-order chi connectivity index (χ1) is 5.52. The average Bonchev–Trinajstić information content (AvgIpc) is 2.11. The van der Waals surface area contributed by atoms with E-state index in [1.165, 1.54) is 0 Å². The molecular weight excluding hydrogens is 150 g/mol. The Morgan fingerprint density at radius 1 is 1.25 bits per heavy atom. The van der Waals surface area contributed by atoms with E-state index in [4.69, 9.17) is 4.74 Å². The van der Waals surface area contributed by atoms with Crippen molar-refractivity contribution in [2.45, 2.75) is 45.7 Å². The van der Waals surface area contributed by atoms with Crippen molar-refractivity contribution in [3.05, 3.63) is 0 Å². The SMILES string of the molecule is CC1CCOCCN1C(C)(C)C. The molecular formula is C10H21NO. The van der Waals surface area contributed by atoms with E-state index in [2.05, 4.69) is 32.6 Å². The summed E-state index contributed by atoms with van der Waals surface area (Å²) in [5.41, 5.74) is 0.285. The molecule has 0 bridgehead atoms. The predicted octanol–water partition coefficient (Wildman–Crippen LogP) is 1.90. The van der Waals surface area contributed by atoms with Crippen LogP contribution in [-0.4, -0.2) is 36.2 Å². The zero-order valence-electron chi connectivity index (χ0n) is 8.76. The van der Waals surface area contributed by atoms with Gasteiger partial charge in [-0.1, -0.05) is 0 Å². The lowest BCUT2D eigenvalue weighted by molar-refractivity contribution is 0.0859. The normalized spacial score (nSPS) is 28.5. The molecule has 2 heteroatoms. The summed E-state index contributed by atoms with van der Waals surface area (Å²) in [6, 6.07) is 0.660. The number of hydrogen-bond acceptors (Lipinski definition) is 2. The van der Waals surface area contributed by atoms with Gasteiger partial charge >= 0.3 is 0 Å². The third kappa shape index (κ3) is 2.46. The molecule has 0 saturated carbocycles. The van der Waals surface area contributed by atoms with Gasteiger partial charge in [-0.05, 0) is 34.1 Å². The van der Waals surface area contributed by atoms with Gasteiger partial charge in [-0.25, -0.2) is 0 Å². The van der Waals surface area contributed by atoms with Crippen molar-refractivity contribution in [3.63, 3.8) is 0 Å². The maximum absolute atomic E-state index is 5.45. The Labute approximate surface area is 75.9 Å². The van der Waals surface area contributed by atoms with Crippen LogP contribution in [0.5, 0.6) is 0 Å². The topological polar surface area (TPSA) is 12.5 Å². The molecule has 1 aliphatic rings. The molecule has 1 atom stereocenters. The smallest absolute Gasteiger partial charge is 0.0593 e. The molecule has 1 saturated heterocycles. The zero-order valence-corrected chi connectivity index (χ0v) is 8.76. The largest absolute Gasteiger partial charge is 0.380 e. The maximum atomic E-state index is 5.45. The van der Waals surface area contributed by atoms with Crippen LogP contribution in [0.1, 0.15) is 34.1 Å². The minimum atomic E-state index is 0.285. The number of ether oxygens (including phenoxy) is 1. The van der Waals surface area contributed by atoms with Crippen molar-refractivity contribution in [3.8, 4) is 0 Å². The molecule has 1 unspecified atom stereocenters. The van der Waals surface area contributed by atoms with E-state index in [0.717, 1.165) is 26.2 Å². The highest BCUT2D eigenvalue weighted by Gasteiger charge is 2.27. The second-order valence-corrected chi connectivity index (χ2v) is 4.61. The third-order valence-electron chi connectivity index (χ3n) is 2.55. The molecule has 1 aliphatic heterocycles. The van der Waals surface area contributed by atoms with E-state index in [1.807, 2.05) is 0 Å². The van der Waals surface area contributed by atoms with Gasteiger partial charge in [-0.2, -0.15) is 0 Å². The molecule has 0 aromatic heterocycles. The molecule has 0 N–H and O–H groups in total. The first kappa shape index (κ1) is 10.0. The molecule has 0 radical (unpaired) electrons. The summed E-state index contributed by atoms with van der Waals surface area (Å²) in [5, 5.41) is 0. The molecule has 2 nitrogen and oxygen atoms in total. The summed E-state index contributed by atoms with van der Waals surface area (Å²) >= 11 is 0. The van der Waals surface area contributed by atoms with Crippen molar-refractivity contribution < 1.29 is 4.74 Å². The highest BCUT2D eigenvalue weighted by molar-refractivity contribution is 4.81. The van der Waals surface area contributed by atoms with Crippen molar-refractivity contribution in [1.82, 2.24) is 4.90 Å². The molecule has 0 aromatic carbocycles. The van der Waals surface area contributed by atoms with Crippen LogP contribution in [0.4, 0.5) is 0 Å². The van der Waals surface area contributed by atoms with E-state index in [9.17, 15) is 0 Å². The predicted molar refractivity (Wildman–Crippen MR) is 51.4 cm³/mol. The Hall–Kier alpha value is -0.0800. The molecule has 0 aliphatic carbocycles. The minimum Gasteiger partial charge on any atom is -0.380 e. The maximum Gasteiger partial charge on any atom is 0.0593 e. The van der Waals surface area contributed by atoms with Gasteiger partial charge in [-0.3, -0.25) is 4.90 Å². The van der Waals surface area contributed by atoms with Crippen LogP contribution in [0, 0.1) is 0 Å². The van der Waals surface area contributed by atoms with E-state index >= 15 is 0 Å². The van der Waals surface area contributed by atoms with Crippen LogP contribution >= 0.6 is 0 Å². The van der Waals surface area contributed by atoms with E-state index in [0.29, 0.717) is 6.04 Å². The fourth-order valence-corrected chi connectivity index (χ4v) is 1.89. The van der Waals surface area contributed by atoms with Crippen molar-refractivity contribution >= 4 is 0 Å². The van der Waals surface area contributed by atoms with Crippen LogP contribution < -0.4 is 0 Å². The van der Waals surface area contributed by atoms with E-state index in [1.54, 1.807) is 0 Å². The number of rotatable bonds is 0. The van der Waals surface area contributed by atoms with Crippen LogP contribution in [0.25, 0.3) is 0 Å². The Kier molecular flexibility index (Phi) is 3.13. The summed E-state index contributed by atoms with van der Waals surface area (Å²) in [4.78, 5) is 2.53. The van der Waals surface area contributed by atoms with Crippen LogP contribution in [0.15, 0.2) is 0 Å². The highest BCUT2D eigenvalue weighted by atomic mass is 16.5. The van der Waals surface area contributed by atoms with Crippen molar-refractivity contribution in [1.29, 1.82) is 0 Å². The van der Waals surface area contributed by atoms with Gasteiger partial charge in [0.2, 0.25) is 0 Å². The second-order valence-electron chi connectivity index (χ2n) is 4.61. The van der Waals surface area contributed by atoms with Crippen molar-refractivity contribution in [2.24, 2.45) is 0 Å². The monoisotopic (exact) mass is 171 g/mol. The lowest BCUT2D eigenvalue weighted by Crippen LogP contribution is -2.47. The molecule has 0 amide bonds. The van der Waals surface area contributed by atoms with Gasteiger partial charge in [0.15, 0.2) is 0 Å². The molecule has 0 aromatic rings. The number of hydrogen-bond donors (Lipinski definition) is 0. The van der Waals surface area contributed by atoms with Gasteiger partial charge in [0.05, 0.1) is 6.61 Å². The van der Waals surface area contributed by atoms with Gasteiger partial charge in [0.1, 0.15) is 0 Å². The van der Waals surface area contributed by atoms with Gasteiger partial charge in [0, 0.05) is 24.7 Å². The van der Waals surface area contributed by atoms with Gasteiger partial charge in [-0.15, -0.1) is 0 Å². The first-order valence-electron chi connectivity index (χ1n) is 4.86. The molecule has 1 heterocycles. The fourth-order valence-electron chi connectivity index (χ4n) is 1.89. The standard InChI is InChI=1S/C10H21NO/c1-9-5-7-12-8-6-11(9)10(2,3)4/h9H,5-8H2,1-4H3. The molecule has 1 rings (SSSR count). The molecule has 1 fully saturated rings. The van der Waals surface area contributed by atoms with E-state index < -0.39 is 0 Å².